The van der Waals surface area contributed by atoms with Gasteiger partial charge in [0.1, 0.15) is 8.23 Å². The molecule has 0 bridgehead atoms. The number of hydrogen-bond donors (Lipinski definition) is 2. The third-order valence-electron chi connectivity index (χ3n) is 5.29. The van der Waals surface area contributed by atoms with Crippen molar-refractivity contribution in [3.63, 3.8) is 0 Å². The molecule has 0 amide bonds. The van der Waals surface area contributed by atoms with Gasteiger partial charge in [0.05, 0.1) is 24.5 Å². The Balaban J connectivity index is 1.68. The maximum atomic E-state index is 6.42. The van der Waals surface area contributed by atoms with Crippen LogP contribution in [0.5, 0.6) is 0 Å². The summed E-state index contributed by atoms with van der Waals surface area (Å²) in [6, 6.07) is 4.73. The third kappa shape index (κ3) is 5.92. The largest absolute Gasteiger partial charge is 0.382 e. The molecular formula is C19H24ClI2N6OPS. The summed E-state index contributed by atoms with van der Waals surface area (Å²) in [6.07, 6.45) is 6.60. The maximum Gasteiger partial charge on any atom is 0.174 e. The molecule has 3 aromatic rings. The van der Waals surface area contributed by atoms with Crippen LogP contribution in [0.4, 0.5) is 17.2 Å². The second-order valence-electron chi connectivity index (χ2n) is 7.73. The summed E-state index contributed by atoms with van der Waals surface area (Å²) in [5.74, 6) is 1.49. The van der Waals surface area contributed by atoms with Crippen molar-refractivity contribution >= 4 is 97.9 Å². The second-order valence-corrected chi connectivity index (χ2v) is 25.9. The van der Waals surface area contributed by atoms with Gasteiger partial charge >= 0.3 is 0 Å². The van der Waals surface area contributed by atoms with Crippen molar-refractivity contribution in [2.45, 2.75) is 38.8 Å². The highest BCUT2D eigenvalue weighted by molar-refractivity contribution is 14.3. The van der Waals surface area contributed by atoms with E-state index in [0.29, 0.717) is 17.8 Å². The van der Waals surface area contributed by atoms with E-state index in [0.717, 1.165) is 34.1 Å². The van der Waals surface area contributed by atoms with Gasteiger partial charge in [0.2, 0.25) is 0 Å². The van der Waals surface area contributed by atoms with Crippen molar-refractivity contribution in [3.05, 3.63) is 29.7 Å². The zero-order valence-corrected chi connectivity index (χ0v) is 24.1. The van der Waals surface area contributed by atoms with Crippen LogP contribution in [0.25, 0.3) is 11.0 Å². The lowest BCUT2D eigenvalue weighted by atomic mass is 10.2. The van der Waals surface area contributed by atoms with Gasteiger partial charge < -0.3 is 15.4 Å². The van der Waals surface area contributed by atoms with E-state index in [4.69, 9.17) is 21.3 Å². The molecule has 1 aliphatic carbocycles. The molecule has 1 fully saturated rings. The lowest BCUT2D eigenvalue weighted by molar-refractivity contribution is 0.157. The molecule has 1 saturated carbocycles. The van der Waals surface area contributed by atoms with Crippen LogP contribution in [-0.4, -0.2) is 38.5 Å². The van der Waals surface area contributed by atoms with E-state index in [-0.39, 0.29) is 8.45 Å². The highest BCUT2D eigenvalue weighted by Crippen LogP contribution is 2.65. The Morgan fingerprint density at radius 1 is 1.35 bits per heavy atom. The number of pyridine rings is 1. The smallest absolute Gasteiger partial charge is 0.174 e. The molecule has 31 heavy (non-hydrogen) atoms. The van der Waals surface area contributed by atoms with Crippen molar-refractivity contribution in [1.29, 1.82) is 0 Å². The number of anilines is 3. The van der Waals surface area contributed by atoms with Crippen LogP contribution < -0.4 is 10.6 Å². The van der Waals surface area contributed by atoms with E-state index >= 15 is 0 Å². The Bertz CT molecular complexity index is 1060. The first kappa shape index (κ1) is 24.1. The molecule has 3 aromatic heterocycles. The fourth-order valence-corrected chi connectivity index (χ4v) is 8.36. The van der Waals surface area contributed by atoms with Gasteiger partial charge in [-0.25, -0.2) is 4.98 Å². The summed E-state index contributed by atoms with van der Waals surface area (Å²) in [7, 11) is 1.68. The molecule has 0 saturated heterocycles. The van der Waals surface area contributed by atoms with E-state index in [9.17, 15) is 0 Å². The number of fused-ring (bicyclic) bond motifs is 1. The van der Waals surface area contributed by atoms with Crippen LogP contribution in [0.15, 0.2) is 24.5 Å². The van der Waals surface area contributed by atoms with Gasteiger partial charge in [-0.2, -0.15) is 5.10 Å². The van der Waals surface area contributed by atoms with E-state index < -0.39 is 0 Å². The molecule has 0 aliphatic heterocycles. The van der Waals surface area contributed by atoms with E-state index in [1.807, 2.05) is 17.8 Å². The molecule has 12 heteroatoms. The third-order valence-corrected chi connectivity index (χ3v) is 10.2. The SMILES string of the molecule is COC[C@H](C)n1cc(Nc2cc(N[C@@H](C)C3CC3)c3ccn(SP(I)I)c3n2)c(Cl)n1. The number of aromatic nitrogens is 4. The Morgan fingerprint density at radius 3 is 2.81 bits per heavy atom. The minimum atomic E-state index is -0.229. The number of methoxy groups -OCH3 is 1. The summed E-state index contributed by atoms with van der Waals surface area (Å²) in [5, 5.41) is 13.1. The molecule has 168 valence electrons. The predicted molar refractivity (Wildman–Crippen MR) is 151 cm³/mol. The van der Waals surface area contributed by atoms with Crippen LogP contribution in [0.3, 0.4) is 0 Å². The van der Waals surface area contributed by atoms with E-state index in [1.54, 1.807) is 18.7 Å². The van der Waals surface area contributed by atoms with E-state index in [2.05, 4.69) is 89.0 Å². The minimum Gasteiger partial charge on any atom is -0.382 e. The average Bonchev–Trinajstić information content (AvgIpc) is 3.40. The Labute approximate surface area is 218 Å². The number of nitrogens with zero attached hydrogens (tertiary/aromatic N) is 4. The average molecular weight is 705 g/mol. The summed E-state index contributed by atoms with van der Waals surface area (Å²) >= 11 is 13.1. The Hall–Kier alpha value is -0.01000. The molecule has 2 atom stereocenters. The quantitative estimate of drug-likeness (QED) is 0.167. The van der Waals surface area contributed by atoms with Crippen molar-refractivity contribution in [2.75, 3.05) is 24.4 Å². The highest BCUT2D eigenvalue weighted by atomic mass is 127. The predicted octanol–water partition coefficient (Wildman–Crippen LogP) is 7.64. The van der Waals surface area contributed by atoms with Gasteiger partial charge in [-0.05, 0) is 82.8 Å². The molecule has 0 spiro atoms. The van der Waals surface area contributed by atoms with Crippen LogP contribution >= 0.6 is 69.7 Å². The molecule has 0 unspecified atom stereocenters. The summed E-state index contributed by atoms with van der Waals surface area (Å²) in [5.41, 5.74) is 2.76. The second kappa shape index (κ2) is 10.5. The summed E-state index contributed by atoms with van der Waals surface area (Å²) in [4.78, 5) is 4.92. The zero-order chi connectivity index (χ0) is 22.1. The number of hydrogen-bond acceptors (Lipinski definition) is 6. The standard InChI is InChI=1S/C19H24ClI2N6OPS/c1-11(10-29-3)27-9-16(18(20)26-27)24-17-8-15(23-12(2)13-4-5-13)14-6-7-28(19(14)25-17)31-30(21)22/h6-9,11-13H,4-5,10H2,1-3H3,(H2,23,24,25)/t11-,12-/m0/s1. The topological polar surface area (TPSA) is 68.9 Å². The molecule has 2 N–H and O–H groups in total. The Kier molecular flexibility index (Phi) is 8.17. The first-order valence-electron chi connectivity index (χ1n) is 9.95. The van der Waals surface area contributed by atoms with Gasteiger partial charge in [-0.1, -0.05) is 11.6 Å². The number of halogens is 3. The van der Waals surface area contributed by atoms with Gasteiger partial charge in [-0.15, -0.1) is 0 Å². The summed E-state index contributed by atoms with van der Waals surface area (Å²) < 4.78 is 8.98. The van der Waals surface area contributed by atoms with Crippen LogP contribution in [0.2, 0.25) is 5.15 Å². The highest BCUT2D eigenvalue weighted by Gasteiger charge is 2.28. The van der Waals surface area contributed by atoms with Crippen molar-refractivity contribution in [3.8, 4) is 0 Å². The molecule has 4 rings (SSSR count). The number of nitrogens with one attached hydrogen (secondary N) is 2. The van der Waals surface area contributed by atoms with Crippen LogP contribution in [0, 0.1) is 5.92 Å². The maximum absolute atomic E-state index is 6.42. The van der Waals surface area contributed by atoms with Crippen LogP contribution in [0.1, 0.15) is 32.7 Å². The van der Waals surface area contributed by atoms with E-state index in [1.165, 1.54) is 12.8 Å². The molecule has 7 nitrogen and oxygen atoms in total. The lowest BCUT2D eigenvalue weighted by Crippen LogP contribution is -2.17. The van der Waals surface area contributed by atoms with Crippen molar-refractivity contribution in [1.82, 2.24) is 18.7 Å². The molecular weight excluding hydrogens is 681 g/mol. The molecule has 1 aliphatic rings. The number of rotatable bonds is 10. The Morgan fingerprint density at radius 2 is 2.13 bits per heavy atom. The summed E-state index contributed by atoms with van der Waals surface area (Å²) in [6.45, 7) is 4.86. The van der Waals surface area contributed by atoms with Crippen LogP contribution in [-0.2, 0) is 4.74 Å². The first-order chi connectivity index (χ1) is 14.9. The molecule has 0 aromatic carbocycles. The van der Waals surface area contributed by atoms with Crippen molar-refractivity contribution < 1.29 is 4.74 Å². The molecule has 0 radical (unpaired) electrons. The lowest BCUT2D eigenvalue weighted by Gasteiger charge is -2.17. The first-order valence-corrected chi connectivity index (χ1v) is 18.6. The van der Waals surface area contributed by atoms with Gasteiger partial charge in [0.15, 0.2) is 10.8 Å². The van der Waals surface area contributed by atoms with Gasteiger partial charge in [0, 0.05) is 48.1 Å². The fraction of sp³-hybridized carbons (Fsp3) is 0.474. The zero-order valence-electron chi connectivity index (χ0n) is 17.3. The van der Waals surface area contributed by atoms with Crippen molar-refractivity contribution in [2.24, 2.45) is 5.92 Å². The fourth-order valence-electron chi connectivity index (χ4n) is 3.50. The van der Waals surface area contributed by atoms with Gasteiger partial charge in [-0.3, -0.25) is 8.65 Å². The van der Waals surface area contributed by atoms with Gasteiger partial charge in [0.25, 0.3) is 0 Å². The molecule has 3 heterocycles. The normalized spacial score (nSPS) is 16.1. The minimum absolute atomic E-state index is 0.0882. The monoisotopic (exact) mass is 704 g/mol. The number of ether oxygens (including phenoxy) is 1.